The number of hydrogen-bond acceptors (Lipinski definition) is 5. The monoisotopic (exact) mass is 381 g/mol. The van der Waals surface area contributed by atoms with Crippen LogP contribution in [0.2, 0.25) is 0 Å². The number of sulfonamides is 1. The van der Waals surface area contributed by atoms with Crippen molar-refractivity contribution in [3.8, 4) is 5.75 Å². The zero-order chi connectivity index (χ0) is 18.9. The Morgan fingerprint density at radius 2 is 2.15 bits per heavy atom. The van der Waals surface area contributed by atoms with E-state index in [0.717, 1.165) is 31.5 Å². The normalized spacial score (nSPS) is 22.9. The van der Waals surface area contributed by atoms with Crippen LogP contribution in [0, 0.1) is 0 Å². The zero-order valence-electron chi connectivity index (χ0n) is 15.5. The standard InChI is InChI=1S/C18H27N3O4S/c1-4-21-7-5-6-14(21)11-20-18(22)16-10-15(26(23,24)19-3)9-13-8-12(2)25-17(13)16/h9-10,12,14,19H,4-8,11H2,1-3H3,(H,20,22). The van der Waals surface area contributed by atoms with E-state index in [1.165, 1.54) is 13.1 Å². The second kappa shape index (κ2) is 7.54. The van der Waals surface area contributed by atoms with Crippen LogP contribution in [0.5, 0.6) is 5.75 Å². The van der Waals surface area contributed by atoms with Gasteiger partial charge in [0, 0.05) is 19.0 Å². The molecule has 2 aliphatic rings. The fraction of sp³-hybridized carbons (Fsp3) is 0.611. The molecule has 8 heteroatoms. The molecule has 0 aliphatic carbocycles. The molecule has 26 heavy (non-hydrogen) atoms. The van der Waals surface area contributed by atoms with E-state index < -0.39 is 10.0 Å². The van der Waals surface area contributed by atoms with Crippen LogP contribution in [0.1, 0.15) is 42.6 Å². The number of rotatable bonds is 6. The highest BCUT2D eigenvalue weighted by atomic mass is 32.2. The van der Waals surface area contributed by atoms with Gasteiger partial charge in [0.25, 0.3) is 5.91 Å². The SMILES string of the molecule is CCN1CCCC1CNC(=O)c1cc(S(=O)(=O)NC)cc2c1OC(C)C2. The van der Waals surface area contributed by atoms with Gasteiger partial charge in [0.15, 0.2) is 0 Å². The van der Waals surface area contributed by atoms with Crippen LogP contribution in [-0.4, -0.2) is 58.1 Å². The van der Waals surface area contributed by atoms with Crippen LogP contribution in [0.3, 0.4) is 0 Å². The van der Waals surface area contributed by atoms with Crippen molar-refractivity contribution in [1.29, 1.82) is 0 Å². The van der Waals surface area contributed by atoms with Gasteiger partial charge in [0.2, 0.25) is 10.0 Å². The molecule has 2 heterocycles. The molecule has 0 aromatic heterocycles. The lowest BCUT2D eigenvalue weighted by molar-refractivity contribution is 0.0936. The lowest BCUT2D eigenvalue weighted by atomic mass is 10.1. The average Bonchev–Trinajstić information content (AvgIpc) is 3.23. The van der Waals surface area contributed by atoms with Crippen molar-refractivity contribution in [1.82, 2.24) is 14.9 Å². The van der Waals surface area contributed by atoms with E-state index in [9.17, 15) is 13.2 Å². The van der Waals surface area contributed by atoms with Gasteiger partial charge in [-0.1, -0.05) is 6.92 Å². The molecule has 0 radical (unpaired) electrons. The third-order valence-electron chi connectivity index (χ3n) is 5.19. The van der Waals surface area contributed by atoms with Gasteiger partial charge < -0.3 is 10.1 Å². The fourth-order valence-corrected chi connectivity index (χ4v) is 4.60. The molecule has 2 atom stereocenters. The average molecular weight is 381 g/mol. The van der Waals surface area contributed by atoms with E-state index in [2.05, 4.69) is 21.9 Å². The maximum atomic E-state index is 12.8. The number of likely N-dealkylation sites (N-methyl/N-ethyl adjacent to an activating group) is 1. The van der Waals surface area contributed by atoms with E-state index in [-0.39, 0.29) is 16.9 Å². The third kappa shape index (κ3) is 3.72. The topological polar surface area (TPSA) is 87.7 Å². The summed E-state index contributed by atoms with van der Waals surface area (Å²) in [4.78, 5) is 15.3. The molecular weight excluding hydrogens is 354 g/mol. The van der Waals surface area contributed by atoms with Crippen molar-refractivity contribution in [2.24, 2.45) is 0 Å². The molecule has 2 aliphatic heterocycles. The number of ether oxygens (including phenoxy) is 1. The molecule has 0 bridgehead atoms. The lowest BCUT2D eigenvalue weighted by Gasteiger charge is -2.23. The number of nitrogens with zero attached hydrogens (tertiary/aromatic N) is 1. The van der Waals surface area contributed by atoms with Gasteiger partial charge in [0.1, 0.15) is 11.9 Å². The van der Waals surface area contributed by atoms with Crippen molar-refractivity contribution in [2.45, 2.75) is 50.2 Å². The lowest BCUT2D eigenvalue weighted by Crippen LogP contribution is -2.40. The van der Waals surface area contributed by atoms with Gasteiger partial charge in [-0.05, 0) is 57.6 Å². The number of fused-ring (bicyclic) bond motifs is 1. The first-order chi connectivity index (χ1) is 12.4. The van der Waals surface area contributed by atoms with Gasteiger partial charge in [-0.3, -0.25) is 9.69 Å². The first-order valence-corrected chi connectivity index (χ1v) is 10.6. The predicted octanol–water partition coefficient (Wildman–Crippen LogP) is 1.13. The maximum Gasteiger partial charge on any atom is 0.255 e. The van der Waals surface area contributed by atoms with Crippen LogP contribution in [0.25, 0.3) is 0 Å². The summed E-state index contributed by atoms with van der Waals surface area (Å²) in [7, 11) is -2.27. The van der Waals surface area contributed by atoms with Crippen molar-refractivity contribution >= 4 is 15.9 Å². The Morgan fingerprint density at radius 3 is 2.85 bits per heavy atom. The van der Waals surface area contributed by atoms with Gasteiger partial charge in [-0.2, -0.15) is 0 Å². The molecule has 1 saturated heterocycles. The maximum absolute atomic E-state index is 12.8. The summed E-state index contributed by atoms with van der Waals surface area (Å²) in [5.41, 5.74) is 1.05. The van der Waals surface area contributed by atoms with Gasteiger partial charge >= 0.3 is 0 Å². The summed E-state index contributed by atoms with van der Waals surface area (Å²) >= 11 is 0. The Bertz CT molecular complexity index is 794. The van der Waals surface area contributed by atoms with Gasteiger partial charge in [-0.25, -0.2) is 13.1 Å². The smallest absolute Gasteiger partial charge is 0.255 e. The number of nitrogens with one attached hydrogen (secondary N) is 2. The molecule has 1 fully saturated rings. The molecule has 1 amide bonds. The molecule has 2 unspecified atom stereocenters. The van der Waals surface area contributed by atoms with Crippen LogP contribution >= 0.6 is 0 Å². The van der Waals surface area contributed by atoms with E-state index >= 15 is 0 Å². The minimum absolute atomic E-state index is 0.0745. The van der Waals surface area contributed by atoms with Crippen molar-refractivity contribution in [3.63, 3.8) is 0 Å². The van der Waals surface area contributed by atoms with E-state index in [1.54, 1.807) is 6.07 Å². The largest absolute Gasteiger partial charge is 0.489 e. The van der Waals surface area contributed by atoms with Crippen LogP contribution in [0.15, 0.2) is 17.0 Å². The van der Waals surface area contributed by atoms with Gasteiger partial charge in [0.05, 0.1) is 10.5 Å². The molecular formula is C18H27N3O4S. The summed E-state index contributed by atoms with van der Waals surface area (Å²) in [6.45, 7) is 6.61. The molecule has 2 N–H and O–H groups in total. The Hall–Kier alpha value is -1.64. The van der Waals surface area contributed by atoms with Crippen LogP contribution in [0.4, 0.5) is 0 Å². The van der Waals surface area contributed by atoms with E-state index in [0.29, 0.717) is 30.3 Å². The summed E-state index contributed by atoms with van der Waals surface area (Å²) < 4.78 is 32.5. The van der Waals surface area contributed by atoms with Crippen molar-refractivity contribution < 1.29 is 17.9 Å². The molecule has 0 saturated carbocycles. The Morgan fingerprint density at radius 1 is 1.38 bits per heavy atom. The number of carbonyl (C=O) groups excluding carboxylic acids is 1. The summed E-state index contributed by atoms with van der Waals surface area (Å²) in [6.07, 6.45) is 2.72. The first-order valence-electron chi connectivity index (χ1n) is 9.15. The minimum atomic E-state index is -3.63. The molecule has 1 aromatic rings. The van der Waals surface area contributed by atoms with E-state index in [4.69, 9.17) is 4.74 Å². The number of carbonyl (C=O) groups is 1. The van der Waals surface area contributed by atoms with Gasteiger partial charge in [-0.15, -0.1) is 0 Å². The highest BCUT2D eigenvalue weighted by Crippen LogP contribution is 2.35. The van der Waals surface area contributed by atoms with E-state index in [1.807, 2.05) is 6.92 Å². The summed E-state index contributed by atoms with van der Waals surface area (Å²) in [5, 5.41) is 2.97. The molecule has 1 aromatic carbocycles. The molecule has 7 nitrogen and oxygen atoms in total. The zero-order valence-corrected chi connectivity index (χ0v) is 16.4. The number of likely N-dealkylation sites (tertiary alicyclic amines) is 1. The fourth-order valence-electron chi connectivity index (χ4n) is 3.79. The molecule has 3 rings (SSSR count). The third-order valence-corrected chi connectivity index (χ3v) is 6.59. The second-order valence-electron chi connectivity index (χ2n) is 6.93. The Kier molecular flexibility index (Phi) is 5.55. The van der Waals surface area contributed by atoms with Crippen molar-refractivity contribution in [2.75, 3.05) is 26.7 Å². The summed E-state index contributed by atoms with van der Waals surface area (Å²) in [6, 6.07) is 3.34. The molecule has 0 spiro atoms. The highest BCUT2D eigenvalue weighted by molar-refractivity contribution is 7.89. The predicted molar refractivity (Wildman–Crippen MR) is 99.1 cm³/mol. The minimum Gasteiger partial charge on any atom is -0.489 e. The summed E-state index contributed by atoms with van der Waals surface area (Å²) in [5.74, 6) is 0.218. The highest BCUT2D eigenvalue weighted by Gasteiger charge is 2.30. The molecule has 144 valence electrons. The first kappa shape index (κ1) is 19.1. The Balaban J connectivity index is 1.85. The number of amides is 1. The second-order valence-corrected chi connectivity index (χ2v) is 8.82. The van der Waals surface area contributed by atoms with Crippen LogP contribution in [-0.2, 0) is 16.4 Å². The number of hydrogen-bond donors (Lipinski definition) is 2. The Labute approximate surface area is 155 Å². The van der Waals surface area contributed by atoms with Crippen LogP contribution < -0.4 is 14.8 Å². The quantitative estimate of drug-likeness (QED) is 0.771. The number of benzene rings is 1. The van der Waals surface area contributed by atoms with Crippen molar-refractivity contribution in [3.05, 3.63) is 23.3 Å².